The molecular weight excluding hydrogens is 250 g/mol. The number of hydrogen-bond acceptors (Lipinski definition) is 5. The first-order valence-electron chi connectivity index (χ1n) is 7.74. The highest BCUT2D eigenvalue weighted by molar-refractivity contribution is 5.34. The highest BCUT2D eigenvalue weighted by Crippen LogP contribution is 2.09. The Morgan fingerprint density at radius 3 is 2.70 bits per heavy atom. The number of nitrogens with one attached hydrogen (secondary N) is 1. The second kappa shape index (κ2) is 8.17. The molecule has 2 heterocycles. The number of anilines is 1. The summed E-state index contributed by atoms with van der Waals surface area (Å²) in [7, 11) is 2.09. The standard InChI is InChI=1S/C15H27N5/c1-3-6-16-11-14-12-18-15(13-17-14)19(2)9-10-20-7-4-5-8-20/h12-13,16H,3-11H2,1-2H3. The van der Waals surface area contributed by atoms with Gasteiger partial charge < -0.3 is 15.1 Å². The van der Waals surface area contributed by atoms with Gasteiger partial charge in [-0.05, 0) is 38.9 Å². The fraction of sp³-hybridized carbons (Fsp3) is 0.733. The Balaban J connectivity index is 1.75. The van der Waals surface area contributed by atoms with Gasteiger partial charge in [0.2, 0.25) is 0 Å². The van der Waals surface area contributed by atoms with Crippen molar-refractivity contribution < 1.29 is 0 Å². The number of likely N-dealkylation sites (N-methyl/N-ethyl adjacent to an activating group) is 1. The molecule has 1 aliphatic rings. The minimum absolute atomic E-state index is 0.804. The zero-order chi connectivity index (χ0) is 14.2. The number of aromatic nitrogens is 2. The van der Waals surface area contributed by atoms with Crippen LogP contribution >= 0.6 is 0 Å². The van der Waals surface area contributed by atoms with E-state index in [9.17, 15) is 0 Å². The van der Waals surface area contributed by atoms with Crippen LogP contribution in [0.25, 0.3) is 0 Å². The summed E-state index contributed by atoms with van der Waals surface area (Å²) in [6.07, 6.45) is 7.61. The maximum absolute atomic E-state index is 4.51. The van der Waals surface area contributed by atoms with Crippen molar-refractivity contribution in [3.8, 4) is 0 Å². The van der Waals surface area contributed by atoms with E-state index in [1.165, 1.54) is 25.9 Å². The second-order valence-corrected chi connectivity index (χ2v) is 5.51. The van der Waals surface area contributed by atoms with Gasteiger partial charge in [0.15, 0.2) is 0 Å². The SMILES string of the molecule is CCCNCc1cnc(N(C)CCN2CCCC2)cn1. The van der Waals surface area contributed by atoms with Crippen molar-refractivity contribution in [3.05, 3.63) is 18.1 Å². The predicted molar refractivity (Wildman–Crippen MR) is 83.0 cm³/mol. The second-order valence-electron chi connectivity index (χ2n) is 5.51. The first-order valence-corrected chi connectivity index (χ1v) is 7.74. The highest BCUT2D eigenvalue weighted by atomic mass is 15.2. The fourth-order valence-electron chi connectivity index (χ4n) is 2.44. The van der Waals surface area contributed by atoms with Gasteiger partial charge in [0.25, 0.3) is 0 Å². The van der Waals surface area contributed by atoms with Gasteiger partial charge in [-0.15, -0.1) is 0 Å². The van der Waals surface area contributed by atoms with Gasteiger partial charge in [-0.2, -0.15) is 0 Å². The fourth-order valence-corrected chi connectivity index (χ4v) is 2.44. The van der Waals surface area contributed by atoms with Gasteiger partial charge in [-0.1, -0.05) is 6.92 Å². The molecule has 2 rings (SSSR count). The molecule has 0 radical (unpaired) electrons. The van der Waals surface area contributed by atoms with E-state index in [1.54, 1.807) is 0 Å². The molecule has 1 aliphatic heterocycles. The lowest BCUT2D eigenvalue weighted by atomic mass is 10.4. The third-order valence-corrected chi connectivity index (χ3v) is 3.77. The largest absolute Gasteiger partial charge is 0.357 e. The minimum atomic E-state index is 0.804. The van der Waals surface area contributed by atoms with Crippen molar-refractivity contribution in [1.82, 2.24) is 20.2 Å². The Hall–Kier alpha value is -1.20. The lowest BCUT2D eigenvalue weighted by molar-refractivity contribution is 0.346. The monoisotopic (exact) mass is 277 g/mol. The van der Waals surface area contributed by atoms with Gasteiger partial charge in [0.05, 0.1) is 18.1 Å². The molecule has 1 fully saturated rings. The van der Waals surface area contributed by atoms with Gasteiger partial charge >= 0.3 is 0 Å². The summed E-state index contributed by atoms with van der Waals surface area (Å²) in [5.74, 6) is 0.962. The lowest BCUT2D eigenvalue weighted by Gasteiger charge is -2.22. The summed E-state index contributed by atoms with van der Waals surface area (Å²) in [6, 6.07) is 0. The number of hydrogen-bond donors (Lipinski definition) is 1. The van der Waals surface area contributed by atoms with Crippen molar-refractivity contribution in [2.45, 2.75) is 32.7 Å². The molecule has 112 valence electrons. The Morgan fingerprint density at radius 1 is 1.25 bits per heavy atom. The van der Waals surface area contributed by atoms with Crippen LogP contribution in [0, 0.1) is 0 Å². The quantitative estimate of drug-likeness (QED) is 0.730. The van der Waals surface area contributed by atoms with Crippen LogP contribution in [0.5, 0.6) is 0 Å². The van der Waals surface area contributed by atoms with Crippen LogP contribution in [0.2, 0.25) is 0 Å². The van der Waals surface area contributed by atoms with E-state index in [4.69, 9.17) is 0 Å². The van der Waals surface area contributed by atoms with Crippen LogP contribution in [0.1, 0.15) is 31.9 Å². The molecule has 5 heteroatoms. The van der Waals surface area contributed by atoms with Crippen LogP contribution in [0.15, 0.2) is 12.4 Å². The van der Waals surface area contributed by atoms with Gasteiger partial charge in [-0.3, -0.25) is 4.98 Å². The van der Waals surface area contributed by atoms with E-state index < -0.39 is 0 Å². The molecule has 0 aromatic carbocycles. The Labute approximate surface area is 122 Å². The average molecular weight is 277 g/mol. The first kappa shape index (κ1) is 15.2. The molecule has 5 nitrogen and oxygen atoms in total. The van der Waals surface area contributed by atoms with Crippen molar-refractivity contribution in [2.24, 2.45) is 0 Å². The zero-order valence-corrected chi connectivity index (χ0v) is 12.8. The third-order valence-electron chi connectivity index (χ3n) is 3.77. The van der Waals surface area contributed by atoms with Gasteiger partial charge in [0.1, 0.15) is 5.82 Å². The highest BCUT2D eigenvalue weighted by Gasteiger charge is 2.12. The first-order chi connectivity index (χ1) is 9.79. The molecule has 0 unspecified atom stereocenters. The Morgan fingerprint density at radius 2 is 2.05 bits per heavy atom. The molecule has 0 saturated carbocycles. The van der Waals surface area contributed by atoms with Gasteiger partial charge in [0, 0.05) is 26.7 Å². The summed E-state index contributed by atoms with van der Waals surface area (Å²) in [4.78, 5) is 13.7. The normalized spacial score (nSPS) is 15.7. The minimum Gasteiger partial charge on any atom is -0.357 e. The number of nitrogens with zero attached hydrogens (tertiary/aromatic N) is 4. The molecule has 1 N–H and O–H groups in total. The molecule has 20 heavy (non-hydrogen) atoms. The van der Waals surface area contributed by atoms with Gasteiger partial charge in [-0.25, -0.2) is 4.98 Å². The molecule has 1 aromatic heterocycles. The molecule has 0 atom stereocenters. The summed E-state index contributed by atoms with van der Waals surface area (Å²) in [6.45, 7) is 8.64. The van der Waals surface area contributed by atoms with E-state index in [0.29, 0.717) is 0 Å². The molecule has 0 amide bonds. The van der Waals surface area contributed by atoms with Crippen LogP contribution in [-0.4, -0.2) is 54.6 Å². The van der Waals surface area contributed by atoms with E-state index >= 15 is 0 Å². The molecule has 1 aromatic rings. The van der Waals surface area contributed by atoms with Crippen LogP contribution < -0.4 is 10.2 Å². The zero-order valence-electron chi connectivity index (χ0n) is 12.8. The maximum Gasteiger partial charge on any atom is 0.146 e. The summed E-state index contributed by atoms with van der Waals surface area (Å²) < 4.78 is 0. The van der Waals surface area contributed by atoms with Crippen LogP contribution in [0.3, 0.4) is 0 Å². The number of likely N-dealkylation sites (tertiary alicyclic amines) is 1. The Bertz CT molecular complexity index is 372. The van der Waals surface area contributed by atoms with Crippen LogP contribution in [-0.2, 0) is 6.54 Å². The lowest BCUT2D eigenvalue weighted by Crippen LogP contribution is -2.31. The van der Waals surface area contributed by atoms with Crippen molar-refractivity contribution >= 4 is 5.82 Å². The molecule has 0 aliphatic carbocycles. The summed E-state index contributed by atoms with van der Waals surface area (Å²) >= 11 is 0. The average Bonchev–Trinajstić information content (AvgIpc) is 2.99. The van der Waals surface area contributed by atoms with Crippen LogP contribution in [0.4, 0.5) is 5.82 Å². The van der Waals surface area contributed by atoms with E-state index in [1.807, 2.05) is 12.4 Å². The number of rotatable bonds is 8. The van der Waals surface area contributed by atoms with E-state index in [-0.39, 0.29) is 0 Å². The topological polar surface area (TPSA) is 44.3 Å². The smallest absolute Gasteiger partial charge is 0.146 e. The summed E-state index contributed by atoms with van der Waals surface area (Å²) in [5, 5.41) is 3.34. The maximum atomic E-state index is 4.51. The predicted octanol–water partition coefficient (Wildman–Crippen LogP) is 1.51. The third kappa shape index (κ3) is 4.72. The molecule has 1 saturated heterocycles. The van der Waals surface area contributed by atoms with Crippen molar-refractivity contribution in [2.75, 3.05) is 44.7 Å². The Kier molecular flexibility index (Phi) is 6.21. The molecule has 0 spiro atoms. The van der Waals surface area contributed by atoms with E-state index in [0.717, 1.165) is 44.1 Å². The molecular formula is C15H27N5. The summed E-state index contributed by atoms with van der Waals surface area (Å²) in [5.41, 5.74) is 1.01. The van der Waals surface area contributed by atoms with Crippen molar-refractivity contribution in [1.29, 1.82) is 0 Å². The van der Waals surface area contributed by atoms with E-state index in [2.05, 4.69) is 39.1 Å². The van der Waals surface area contributed by atoms with Crippen molar-refractivity contribution in [3.63, 3.8) is 0 Å². The molecule has 0 bridgehead atoms.